The first-order valence-electron chi connectivity index (χ1n) is 7.42. The summed E-state index contributed by atoms with van der Waals surface area (Å²) < 4.78 is 5.86. The van der Waals surface area contributed by atoms with Crippen LogP contribution >= 0.6 is 15.9 Å². The quantitative estimate of drug-likeness (QED) is 0.821. The van der Waals surface area contributed by atoms with Crippen LogP contribution in [0.25, 0.3) is 0 Å². The van der Waals surface area contributed by atoms with E-state index in [9.17, 15) is 5.11 Å². The summed E-state index contributed by atoms with van der Waals surface area (Å²) in [7, 11) is 5.92. The largest absolute Gasteiger partial charge is 0.503 e. The standard InChI is InChI=1S/C16H25BrN2O2/c1-19(2)16(6-4-5-7-16)11-18-10-12-8-13(17)15(20)14(9-12)21-3/h8-9,18,20H,4-7,10-11H2,1-3H3. The van der Waals surface area contributed by atoms with E-state index in [0.717, 1.165) is 18.7 Å². The Morgan fingerprint density at radius 3 is 2.57 bits per heavy atom. The Balaban J connectivity index is 1.98. The van der Waals surface area contributed by atoms with Crippen LogP contribution in [0.2, 0.25) is 0 Å². The minimum atomic E-state index is 0.154. The highest BCUT2D eigenvalue weighted by Gasteiger charge is 2.35. The van der Waals surface area contributed by atoms with Gasteiger partial charge in [0.05, 0.1) is 11.6 Å². The molecule has 1 fully saturated rings. The number of phenols is 1. The first-order valence-corrected chi connectivity index (χ1v) is 8.21. The van der Waals surface area contributed by atoms with E-state index in [1.165, 1.54) is 25.7 Å². The van der Waals surface area contributed by atoms with Crippen LogP contribution in [0.3, 0.4) is 0 Å². The molecule has 0 spiro atoms. The summed E-state index contributed by atoms with van der Waals surface area (Å²) in [6.07, 6.45) is 5.15. The van der Waals surface area contributed by atoms with Gasteiger partial charge in [0, 0.05) is 18.6 Å². The van der Waals surface area contributed by atoms with Crippen LogP contribution < -0.4 is 10.1 Å². The van der Waals surface area contributed by atoms with Gasteiger partial charge in [0.25, 0.3) is 0 Å². The van der Waals surface area contributed by atoms with E-state index in [4.69, 9.17) is 4.74 Å². The molecule has 0 radical (unpaired) electrons. The fourth-order valence-corrected chi connectivity index (χ4v) is 3.63. The van der Waals surface area contributed by atoms with Crippen molar-refractivity contribution in [2.45, 2.75) is 37.8 Å². The first kappa shape index (κ1) is 16.6. The van der Waals surface area contributed by atoms with Gasteiger partial charge in [-0.1, -0.05) is 12.8 Å². The predicted molar refractivity (Wildman–Crippen MR) is 89.0 cm³/mol. The Labute approximate surface area is 135 Å². The average molecular weight is 357 g/mol. The van der Waals surface area contributed by atoms with E-state index in [1.807, 2.05) is 12.1 Å². The van der Waals surface area contributed by atoms with Crippen molar-refractivity contribution in [3.05, 3.63) is 22.2 Å². The molecule has 0 unspecified atom stereocenters. The van der Waals surface area contributed by atoms with Crippen molar-refractivity contribution in [1.29, 1.82) is 0 Å². The SMILES string of the molecule is COc1cc(CNCC2(N(C)C)CCCC2)cc(Br)c1O. The summed E-state index contributed by atoms with van der Waals surface area (Å²) in [5.41, 5.74) is 1.39. The molecule has 0 amide bonds. The van der Waals surface area contributed by atoms with Crippen LogP contribution in [0.15, 0.2) is 16.6 Å². The maximum Gasteiger partial charge on any atom is 0.172 e. The van der Waals surface area contributed by atoms with Gasteiger partial charge in [-0.15, -0.1) is 0 Å². The first-order chi connectivity index (χ1) is 9.98. The number of likely N-dealkylation sites (N-methyl/N-ethyl adjacent to an activating group) is 1. The number of aromatic hydroxyl groups is 1. The van der Waals surface area contributed by atoms with E-state index in [1.54, 1.807) is 7.11 Å². The minimum absolute atomic E-state index is 0.154. The Morgan fingerprint density at radius 2 is 2.00 bits per heavy atom. The molecule has 2 N–H and O–H groups in total. The lowest BCUT2D eigenvalue weighted by Gasteiger charge is -2.36. The molecule has 0 aliphatic heterocycles. The zero-order chi connectivity index (χ0) is 15.5. The van der Waals surface area contributed by atoms with E-state index >= 15 is 0 Å². The zero-order valence-corrected chi connectivity index (χ0v) is 14.7. The molecular weight excluding hydrogens is 332 g/mol. The molecular formula is C16H25BrN2O2. The smallest absolute Gasteiger partial charge is 0.172 e. The molecule has 2 rings (SSSR count). The van der Waals surface area contributed by atoms with Crippen LogP contribution in [0, 0.1) is 0 Å². The van der Waals surface area contributed by atoms with E-state index in [-0.39, 0.29) is 11.3 Å². The van der Waals surface area contributed by atoms with Crippen LogP contribution in [0.4, 0.5) is 0 Å². The van der Waals surface area contributed by atoms with Crippen LogP contribution in [-0.4, -0.2) is 43.3 Å². The second kappa shape index (κ2) is 6.99. The van der Waals surface area contributed by atoms with Crippen molar-refractivity contribution < 1.29 is 9.84 Å². The molecule has 1 aliphatic carbocycles. The minimum Gasteiger partial charge on any atom is -0.503 e. The van der Waals surface area contributed by atoms with Gasteiger partial charge in [-0.3, -0.25) is 0 Å². The number of hydrogen-bond acceptors (Lipinski definition) is 4. The van der Waals surface area contributed by atoms with Gasteiger partial charge < -0.3 is 20.1 Å². The van der Waals surface area contributed by atoms with Gasteiger partial charge in [-0.25, -0.2) is 0 Å². The van der Waals surface area contributed by atoms with Crippen LogP contribution in [-0.2, 0) is 6.54 Å². The molecule has 0 aromatic heterocycles. The van der Waals surface area contributed by atoms with Crippen molar-refractivity contribution in [1.82, 2.24) is 10.2 Å². The summed E-state index contributed by atoms with van der Waals surface area (Å²) in [6.45, 7) is 1.76. The van der Waals surface area contributed by atoms with Crippen molar-refractivity contribution in [3.8, 4) is 11.5 Å². The molecule has 4 nitrogen and oxygen atoms in total. The number of hydrogen-bond donors (Lipinski definition) is 2. The number of benzene rings is 1. The van der Waals surface area contributed by atoms with Crippen molar-refractivity contribution in [2.75, 3.05) is 27.7 Å². The Bertz CT molecular complexity index is 485. The maximum absolute atomic E-state index is 9.83. The summed E-state index contributed by atoms with van der Waals surface area (Å²) in [5.74, 6) is 0.658. The number of rotatable bonds is 6. The van der Waals surface area contributed by atoms with Crippen molar-refractivity contribution >= 4 is 15.9 Å². The fraction of sp³-hybridized carbons (Fsp3) is 0.625. The Morgan fingerprint density at radius 1 is 1.33 bits per heavy atom. The molecule has 5 heteroatoms. The Kier molecular flexibility index (Phi) is 5.52. The molecule has 21 heavy (non-hydrogen) atoms. The molecule has 0 saturated heterocycles. The monoisotopic (exact) mass is 356 g/mol. The van der Waals surface area contributed by atoms with Gasteiger partial charge in [-0.2, -0.15) is 0 Å². The average Bonchev–Trinajstić information content (AvgIpc) is 2.92. The third kappa shape index (κ3) is 3.71. The molecule has 0 bridgehead atoms. The van der Waals surface area contributed by atoms with Gasteiger partial charge >= 0.3 is 0 Å². The highest BCUT2D eigenvalue weighted by Crippen LogP contribution is 2.36. The summed E-state index contributed by atoms with van der Waals surface area (Å²) in [6, 6.07) is 3.81. The predicted octanol–water partition coefficient (Wildman–Crippen LogP) is 3.13. The van der Waals surface area contributed by atoms with Gasteiger partial charge in [-0.05, 0) is 60.6 Å². The molecule has 118 valence electrons. The number of methoxy groups -OCH3 is 1. The summed E-state index contributed by atoms with van der Waals surface area (Å²) >= 11 is 3.36. The van der Waals surface area contributed by atoms with Gasteiger partial charge in [0.2, 0.25) is 0 Å². The number of phenolic OH excluding ortho intramolecular Hbond substituents is 1. The summed E-state index contributed by atoms with van der Waals surface area (Å²) in [4.78, 5) is 2.36. The molecule has 1 aromatic carbocycles. The zero-order valence-electron chi connectivity index (χ0n) is 13.1. The van der Waals surface area contributed by atoms with Gasteiger partial charge in [0.1, 0.15) is 0 Å². The van der Waals surface area contributed by atoms with Crippen LogP contribution in [0.1, 0.15) is 31.2 Å². The molecule has 0 atom stereocenters. The molecule has 1 aliphatic rings. The lowest BCUT2D eigenvalue weighted by molar-refractivity contribution is 0.153. The third-order valence-corrected chi connectivity index (χ3v) is 5.18. The number of nitrogens with one attached hydrogen (secondary N) is 1. The normalized spacial score (nSPS) is 17.4. The number of halogens is 1. The van der Waals surface area contributed by atoms with Crippen LogP contribution in [0.5, 0.6) is 11.5 Å². The number of ether oxygens (including phenoxy) is 1. The summed E-state index contributed by atoms with van der Waals surface area (Å²) in [5, 5.41) is 13.4. The Hall–Kier alpha value is -0.780. The molecule has 1 aromatic rings. The fourth-order valence-electron chi connectivity index (χ4n) is 3.14. The third-order valence-electron chi connectivity index (χ3n) is 4.57. The van der Waals surface area contributed by atoms with Crippen molar-refractivity contribution in [3.63, 3.8) is 0 Å². The maximum atomic E-state index is 9.83. The van der Waals surface area contributed by atoms with E-state index in [2.05, 4.69) is 40.2 Å². The van der Waals surface area contributed by atoms with E-state index < -0.39 is 0 Å². The number of nitrogens with zero attached hydrogens (tertiary/aromatic N) is 1. The van der Waals surface area contributed by atoms with Crippen molar-refractivity contribution in [2.24, 2.45) is 0 Å². The second-order valence-corrected chi connectivity index (χ2v) is 6.91. The second-order valence-electron chi connectivity index (χ2n) is 6.06. The highest BCUT2D eigenvalue weighted by molar-refractivity contribution is 9.10. The highest BCUT2D eigenvalue weighted by atomic mass is 79.9. The lowest BCUT2D eigenvalue weighted by atomic mass is 9.96. The molecule has 1 saturated carbocycles. The van der Waals surface area contributed by atoms with Gasteiger partial charge in [0.15, 0.2) is 11.5 Å². The topological polar surface area (TPSA) is 44.7 Å². The molecule has 0 heterocycles. The lowest BCUT2D eigenvalue weighted by Crippen LogP contribution is -2.49. The van der Waals surface area contributed by atoms with E-state index in [0.29, 0.717) is 10.2 Å².